The van der Waals surface area contributed by atoms with Crippen molar-refractivity contribution >= 4 is 22.8 Å². The van der Waals surface area contributed by atoms with Gasteiger partial charge in [0, 0.05) is 18.8 Å². The number of halogens is 2. The summed E-state index contributed by atoms with van der Waals surface area (Å²) in [6.07, 6.45) is 3.71. The largest absolute Gasteiger partial charge is 0.354 e. The van der Waals surface area contributed by atoms with Gasteiger partial charge in [-0.3, -0.25) is 23.9 Å². The van der Waals surface area contributed by atoms with E-state index in [1.807, 2.05) is 0 Å². The fraction of sp³-hybridized carbons (Fsp3) is 0.120. The lowest BCUT2D eigenvalue weighted by molar-refractivity contribution is 0.0949. The summed E-state index contributed by atoms with van der Waals surface area (Å²) in [5, 5.41) is 5.01. The van der Waals surface area contributed by atoms with E-state index in [0.29, 0.717) is 22.2 Å². The van der Waals surface area contributed by atoms with Crippen molar-refractivity contribution in [3.05, 3.63) is 99.5 Å². The van der Waals surface area contributed by atoms with Crippen molar-refractivity contribution in [2.24, 2.45) is 0 Å². The summed E-state index contributed by atoms with van der Waals surface area (Å²) in [7, 11) is 1.50. The molecule has 0 aliphatic carbocycles. The molecule has 0 aliphatic rings. The standard InChI is InChI=1S/C25H18F2N6O3/c1-28-24(35)22-12-31-20-7-5-15(10-21(20)32-22)3-2-8-30-23(34)17-11-29-14-33(25(17)36)13-16-4-6-18(26)19(27)9-16/h4-7,9-12,14H,8,13H2,1H3,(H,28,35)(H,30,34). The zero-order valence-corrected chi connectivity index (χ0v) is 18.9. The number of carbonyl (C=O) groups is 2. The number of rotatable bonds is 5. The van der Waals surface area contributed by atoms with E-state index in [1.165, 1.54) is 25.6 Å². The molecule has 2 aromatic carbocycles. The number of benzene rings is 2. The Morgan fingerprint density at radius 3 is 2.64 bits per heavy atom. The van der Waals surface area contributed by atoms with Crippen LogP contribution in [0.25, 0.3) is 11.0 Å². The van der Waals surface area contributed by atoms with Crippen molar-refractivity contribution in [3.63, 3.8) is 0 Å². The van der Waals surface area contributed by atoms with Crippen LogP contribution in [0.3, 0.4) is 0 Å². The second kappa shape index (κ2) is 10.5. The Kier molecular flexibility index (Phi) is 7.06. The van der Waals surface area contributed by atoms with E-state index < -0.39 is 23.1 Å². The second-order valence-corrected chi connectivity index (χ2v) is 7.51. The van der Waals surface area contributed by atoms with Gasteiger partial charge < -0.3 is 10.6 Å². The van der Waals surface area contributed by atoms with E-state index in [1.54, 1.807) is 18.2 Å². The second-order valence-electron chi connectivity index (χ2n) is 7.51. The molecule has 0 aliphatic heterocycles. The van der Waals surface area contributed by atoms with Gasteiger partial charge in [0.25, 0.3) is 17.4 Å². The third-order valence-electron chi connectivity index (χ3n) is 5.05. The van der Waals surface area contributed by atoms with E-state index in [9.17, 15) is 23.2 Å². The summed E-state index contributed by atoms with van der Waals surface area (Å²) in [6, 6.07) is 8.38. The van der Waals surface area contributed by atoms with Crippen LogP contribution in [0.15, 0.2) is 59.9 Å². The minimum Gasteiger partial charge on any atom is -0.354 e. The third kappa shape index (κ3) is 5.39. The average Bonchev–Trinajstić information content (AvgIpc) is 2.89. The molecule has 4 aromatic rings. The number of aromatic nitrogens is 4. The van der Waals surface area contributed by atoms with Gasteiger partial charge in [-0.1, -0.05) is 17.9 Å². The molecular formula is C25H18F2N6O3. The highest BCUT2D eigenvalue weighted by molar-refractivity contribution is 5.94. The highest BCUT2D eigenvalue weighted by Crippen LogP contribution is 2.12. The molecule has 0 radical (unpaired) electrons. The summed E-state index contributed by atoms with van der Waals surface area (Å²) in [6.45, 7) is -0.144. The maximum absolute atomic E-state index is 13.4. The molecule has 0 spiro atoms. The van der Waals surface area contributed by atoms with Crippen molar-refractivity contribution in [1.82, 2.24) is 30.2 Å². The smallest absolute Gasteiger partial charge is 0.271 e. The molecule has 36 heavy (non-hydrogen) atoms. The molecule has 2 N–H and O–H groups in total. The summed E-state index contributed by atoms with van der Waals surface area (Å²) in [5.74, 6) is 2.59. The van der Waals surface area contributed by atoms with Crippen molar-refractivity contribution in [2.75, 3.05) is 13.6 Å². The number of nitrogens with one attached hydrogen (secondary N) is 2. The number of fused-ring (bicyclic) bond motifs is 1. The van der Waals surface area contributed by atoms with E-state index in [4.69, 9.17) is 0 Å². The normalized spacial score (nSPS) is 10.4. The zero-order valence-electron chi connectivity index (χ0n) is 18.9. The first-order chi connectivity index (χ1) is 17.4. The lowest BCUT2D eigenvalue weighted by atomic mass is 10.2. The number of nitrogens with zero attached hydrogens (tertiary/aromatic N) is 4. The Bertz CT molecular complexity index is 1610. The topological polar surface area (TPSA) is 119 Å². The lowest BCUT2D eigenvalue weighted by Crippen LogP contribution is -2.33. The van der Waals surface area contributed by atoms with Crippen molar-refractivity contribution < 1.29 is 18.4 Å². The van der Waals surface area contributed by atoms with E-state index in [-0.39, 0.29) is 30.3 Å². The molecular weight excluding hydrogens is 470 g/mol. The first-order valence-electron chi connectivity index (χ1n) is 10.6. The van der Waals surface area contributed by atoms with Crippen LogP contribution in [-0.4, -0.2) is 44.9 Å². The monoisotopic (exact) mass is 488 g/mol. The lowest BCUT2D eigenvalue weighted by Gasteiger charge is -2.08. The van der Waals surface area contributed by atoms with Gasteiger partial charge >= 0.3 is 0 Å². The Morgan fingerprint density at radius 1 is 1.03 bits per heavy atom. The molecule has 0 unspecified atom stereocenters. The molecule has 0 fully saturated rings. The van der Waals surface area contributed by atoms with E-state index in [2.05, 4.69) is 37.4 Å². The quantitative estimate of drug-likeness (QED) is 0.413. The minimum absolute atomic E-state index is 0.0572. The fourth-order valence-electron chi connectivity index (χ4n) is 3.25. The van der Waals surface area contributed by atoms with Gasteiger partial charge in [0.2, 0.25) is 0 Å². The Hall–Kier alpha value is -4.98. The van der Waals surface area contributed by atoms with Crippen molar-refractivity contribution in [3.8, 4) is 11.8 Å². The third-order valence-corrected chi connectivity index (χ3v) is 5.05. The number of carbonyl (C=O) groups excluding carboxylic acids is 2. The van der Waals surface area contributed by atoms with Crippen LogP contribution in [-0.2, 0) is 6.54 Å². The summed E-state index contributed by atoms with van der Waals surface area (Å²) < 4.78 is 27.7. The highest BCUT2D eigenvalue weighted by atomic mass is 19.2. The van der Waals surface area contributed by atoms with E-state index in [0.717, 1.165) is 22.9 Å². The number of amides is 2. The van der Waals surface area contributed by atoms with E-state index >= 15 is 0 Å². The molecule has 2 amide bonds. The van der Waals surface area contributed by atoms with Gasteiger partial charge in [0.05, 0.1) is 36.6 Å². The first-order valence-corrected chi connectivity index (χ1v) is 10.6. The predicted octanol–water partition coefficient (Wildman–Crippen LogP) is 1.65. The molecule has 0 saturated carbocycles. The van der Waals surface area contributed by atoms with Crippen LogP contribution in [0.5, 0.6) is 0 Å². The SMILES string of the molecule is CNC(=O)c1cnc2ccc(C#CCNC(=O)c3cncn(Cc4ccc(F)c(F)c4)c3=O)cc2n1. The average molecular weight is 488 g/mol. The Balaban J connectivity index is 1.44. The highest BCUT2D eigenvalue weighted by Gasteiger charge is 2.13. The Labute approximate surface area is 203 Å². The molecule has 2 heterocycles. The van der Waals surface area contributed by atoms with Crippen LogP contribution < -0.4 is 16.2 Å². The van der Waals surface area contributed by atoms with Gasteiger partial charge in [0.15, 0.2) is 11.6 Å². The van der Waals surface area contributed by atoms with Crippen LogP contribution >= 0.6 is 0 Å². The summed E-state index contributed by atoms with van der Waals surface area (Å²) >= 11 is 0. The van der Waals surface area contributed by atoms with Gasteiger partial charge in [-0.2, -0.15) is 0 Å². The van der Waals surface area contributed by atoms with Crippen LogP contribution in [0.1, 0.15) is 32.0 Å². The first kappa shape index (κ1) is 24.2. The molecule has 0 bridgehead atoms. The van der Waals surface area contributed by atoms with Crippen molar-refractivity contribution in [2.45, 2.75) is 6.54 Å². The van der Waals surface area contributed by atoms with Gasteiger partial charge in [-0.05, 0) is 35.9 Å². The molecule has 180 valence electrons. The van der Waals surface area contributed by atoms with Gasteiger partial charge in [-0.15, -0.1) is 0 Å². The molecule has 0 saturated heterocycles. The molecule has 9 nitrogen and oxygen atoms in total. The molecule has 2 aromatic heterocycles. The maximum Gasteiger partial charge on any atom is 0.271 e. The maximum atomic E-state index is 13.4. The minimum atomic E-state index is -1.04. The van der Waals surface area contributed by atoms with Gasteiger partial charge in [-0.25, -0.2) is 18.7 Å². The summed E-state index contributed by atoms with van der Waals surface area (Å²) in [4.78, 5) is 49.3. The predicted molar refractivity (Wildman–Crippen MR) is 126 cm³/mol. The number of hydrogen-bond acceptors (Lipinski definition) is 6. The molecule has 0 atom stereocenters. The fourth-order valence-corrected chi connectivity index (χ4v) is 3.25. The molecule has 11 heteroatoms. The molecule has 4 rings (SSSR count). The summed E-state index contributed by atoms with van der Waals surface area (Å²) in [5.41, 5.74) is 1.33. The zero-order chi connectivity index (χ0) is 25.7. The number of hydrogen-bond donors (Lipinski definition) is 2. The van der Waals surface area contributed by atoms with Gasteiger partial charge in [0.1, 0.15) is 11.3 Å². The van der Waals surface area contributed by atoms with Crippen LogP contribution in [0.2, 0.25) is 0 Å². The van der Waals surface area contributed by atoms with Crippen molar-refractivity contribution in [1.29, 1.82) is 0 Å². The Morgan fingerprint density at radius 2 is 1.86 bits per heavy atom. The van der Waals surface area contributed by atoms with Crippen LogP contribution in [0.4, 0.5) is 8.78 Å². The van der Waals surface area contributed by atoms with Crippen LogP contribution in [0, 0.1) is 23.5 Å².